The van der Waals surface area contributed by atoms with E-state index in [9.17, 15) is 18.4 Å². The number of hydrogen-bond acceptors (Lipinski definition) is 7. The van der Waals surface area contributed by atoms with Crippen molar-refractivity contribution < 1.29 is 23.0 Å². The molecule has 36 heavy (non-hydrogen) atoms. The van der Waals surface area contributed by atoms with Crippen LogP contribution in [0.3, 0.4) is 0 Å². The predicted molar refractivity (Wildman–Crippen MR) is 134 cm³/mol. The third kappa shape index (κ3) is 4.94. The van der Waals surface area contributed by atoms with E-state index >= 15 is 0 Å². The van der Waals surface area contributed by atoms with Crippen molar-refractivity contribution >= 4 is 29.1 Å². The zero-order valence-electron chi connectivity index (χ0n) is 20.2. The van der Waals surface area contributed by atoms with E-state index in [-0.39, 0.29) is 22.5 Å². The van der Waals surface area contributed by atoms with Crippen molar-refractivity contribution in [2.24, 2.45) is 4.99 Å². The van der Waals surface area contributed by atoms with Gasteiger partial charge in [-0.15, -0.1) is 0 Å². The number of carbonyl (C=O) groups excluding carboxylic acids is 1. The number of ether oxygens (including phenoxy) is 2. The molecule has 10 heteroatoms. The molecule has 1 aliphatic rings. The third-order valence-corrected chi connectivity index (χ3v) is 6.65. The van der Waals surface area contributed by atoms with Gasteiger partial charge in [-0.05, 0) is 43.7 Å². The minimum absolute atomic E-state index is 0.0439. The van der Waals surface area contributed by atoms with E-state index in [0.29, 0.717) is 21.6 Å². The standard InChI is InChI=1S/C26H25F2N3O4S/c1-5-34-24(33)21-15(2)29-26-31(22(21)16-10-12-18(13-11-16)30(3)4)23(32)20(36-26)14-17-8-6-7-9-19(17)35-25(27)28/h6-14,22,25H,5H2,1-4H3/b20-14+/t22-/m0/s1. The summed E-state index contributed by atoms with van der Waals surface area (Å²) < 4.78 is 37.4. The highest BCUT2D eigenvalue weighted by Gasteiger charge is 2.33. The Hall–Kier alpha value is -3.79. The second-order valence-corrected chi connectivity index (χ2v) is 9.21. The SMILES string of the molecule is CCOC(=O)C1=C(C)N=c2s/c(=C/c3ccccc3OC(F)F)c(=O)n2[C@H]1c1ccc(N(C)C)cc1. The number of allylic oxidation sites excluding steroid dienone is 1. The van der Waals surface area contributed by atoms with Crippen molar-refractivity contribution in [3.8, 4) is 5.75 Å². The fraction of sp³-hybridized carbons (Fsp3) is 0.269. The number of esters is 1. The van der Waals surface area contributed by atoms with Gasteiger partial charge in [0.25, 0.3) is 5.56 Å². The minimum Gasteiger partial charge on any atom is -0.463 e. The van der Waals surface area contributed by atoms with E-state index in [1.807, 2.05) is 43.3 Å². The smallest absolute Gasteiger partial charge is 0.387 e. The molecule has 0 amide bonds. The molecule has 4 rings (SSSR count). The highest BCUT2D eigenvalue weighted by molar-refractivity contribution is 7.07. The van der Waals surface area contributed by atoms with Gasteiger partial charge in [-0.2, -0.15) is 8.78 Å². The monoisotopic (exact) mass is 513 g/mol. The number of alkyl halides is 2. The van der Waals surface area contributed by atoms with Gasteiger partial charge < -0.3 is 14.4 Å². The largest absolute Gasteiger partial charge is 0.463 e. The summed E-state index contributed by atoms with van der Waals surface area (Å²) in [5.74, 6) is -0.594. The Bertz CT molecular complexity index is 1490. The zero-order valence-corrected chi connectivity index (χ0v) is 21.0. The van der Waals surface area contributed by atoms with Crippen LogP contribution in [0.2, 0.25) is 0 Å². The van der Waals surface area contributed by atoms with E-state index in [1.54, 1.807) is 32.0 Å². The highest BCUT2D eigenvalue weighted by atomic mass is 32.1. The fourth-order valence-electron chi connectivity index (χ4n) is 4.01. The summed E-state index contributed by atoms with van der Waals surface area (Å²) in [6.07, 6.45) is 1.50. The number of anilines is 1. The van der Waals surface area contributed by atoms with Gasteiger partial charge in [0.15, 0.2) is 4.80 Å². The molecule has 3 aromatic rings. The van der Waals surface area contributed by atoms with Crippen LogP contribution in [0.25, 0.3) is 6.08 Å². The van der Waals surface area contributed by atoms with E-state index in [0.717, 1.165) is 17.0 Å². The van der Waals surface area contributed by atoms with Crippen molar-refractivity contribution in [2.45, 2.75) is 26.5 Å². The number of para-hydroxylation sites is 1. The van der Waals surface area contributed by atoms with Crippen LogP contribution < -0.4 is 24.5 Å². The van der Waals surface area contributed by atoms with Crippen LogP contribution in [-0.4, -0.2) is 37.9 Å². The first kappa shape index (κ1) is 25.3. The molecule has 0 aliphatic carbocycles. The Morgan fingerprint density at radius 2 is 1.89 bits per heavy atom. The Morgan fingerprint density at radius 3 is 2.53 bits per heavy atom. The lowest BCUT2D eigenvalue weighted by atomic mass is 9.95. The molecule has 0 N–H and O–H groups in total. The van der Waals surface area contributed by atoms with Crippen LogP contribution in [0.15, 0.2) is 69.6 Å². The van der Waals surface area contributed by atoms with Crippen molar-refractivity contribution in [2.75, 3.05) is 25.6 Å². The summed E-state index contributed by atoms with van der Waals surface area (Å²) in [6.45, 7) is 0.590. The Labute approximate surface area is 210 Å². The van der Waals surface area contributed by atoms with Gasteiger partial charge in [0.1, 0.15) is 5.75 Å². The lowest BCUT2D eigenvalue weighted by Gasteiger charge is -2.25. The summed E-state index contributed by atoms with van der Waals surface area (Å²) in [6, 6.07) is 13.0. The van der Waals surface area contributed by atoms with E-state index in [2.05, 4.69) is 9.73 Å². The van der Waals surface area contributed by atoms with Crippen LogP contribution in [-0.2, 0) is 9.53 Å². The number of hydrogen-bond donors (Lipinski definition) is 0. The molecule has 1 aromatic heterocycles. The first-order chi connectivity index (χ1) is 17.2. The van der Waals surface area contributed by atoms with E-state index < -0.39 is 24.2 Å². The molecule has 0 saturated heterocycles. The molecule has 7 nitrogen and oxygen atoms in total. The Morgan fingerprint density at radius 1 is 1.19 bits per heavy atom. The van der Waals surface area contributed by atoms with Gasteiger partial charge in [-0.25, -0.2) is 9.79 Å². The lowest BCUT2D eigenvalue weighted by molar-refractivity contribution is -0.139. The molecule has 0 saturated carbocycles. The first-order valence-corrected chi connectivity index (χ1v) is 12.0. The summed E-state index contributed by atoms with van der Waals surface area (Å²) in [5.41, 5.74) is 2.32. The number of nitrogens with zero attached hydrogens (tertiary/aromatic N) is 3. The molecule has 2 heterocycles. The van der Waals surface area contributed by atoms with Gasteiger partial charge in [0, 0.05) is 25.3 Å². The maximum atomic E-state index is 13.7. The molecule has 2 aromatic carbocycles. The molecule has 0 bridgehead atoms. The zero-order chi connectivity index (χ0) is 26.0. The molecule has 1 aliphatic heterocycles. The number of rotatable bonds is 7. The Kier molecular flexibility index (Phi) is 7.35. The number of thiazole rings is 1. The van der Waals surface area contributed by atoms with Crippen molar-refractivity contribution in [1.29, 1.82) is 0 Å². The third-order valence-electron chi connectivity index (χ3n) is 5.66. The maximum Gasteiger partial charge on any atom is 0.387 e. The number of halogens is 2. The summed E-state index contributed by atoms with van der Waals surface area (Å²) in [7, 11) is 3.84. The Balaban J connectivity index is 1.92. The summed E-state index contributed by atoms with van der Waals surface area (Å²) >= 11 is 1.11. The molecular weight excluding hydrogens is 488 g/mol. The minimum atomic E-state index is -3.00. The normalized spacial score (nSPS) is 15.5. The molecule has 0 spiro atoms. The van der Waals surface area contributed by atoms with Crippen LogP contribution in [0.5, 0.6) is 5.75 Å². The summed E-state index contributed by atoms with van der Waals surface area (Å²) in [4.78, 5) is 33.5. The van der Waals surface area contributed by atoms with Crippen molar-refractivity contribution in [1.82, 2.24) is 4.57 Å². The van der Waals surface area contributed by atoms with E-state index in [4.69, 9.17) is 4.74 Å². The molecule has 188 valence electrons. The van der Waals surface area contributed by atoms with Gasteiger partial charge in [-0.1, -0.05) is 41.7 Å². The quantitative estimate of drug-likeness (QED) is 0.453. The number of benzene rings is 2. The highest BCUT2D eigenvalue weighted by Crippen LogP contribution is 2.31. The van der Waals surface area contributed by atoms with Crippen molar-refractivity contribution in [3.05, 3.63) is 90.6 Å². The molecule has 1 atom stereocenters. The number of aromatic nitrogens is 1. The van der Waals surface area contributed by atoms with Crippen LogP contribution in [0.1, 0.15) is 31.0 Å². The second-order valence-electron chi connectivity index (χ2n) is 8.20. The molecular formula is C26H25F2N3O4S. The van der Waals surface area contributed by atoms with Crippen molar-refractivity contribution in [3.63, 3.8) is 0 Å². The first-order valence-electron chi connectivity index (χ1n) is 11.2. The molecule has 0 fully saturated rings. The molecule has 0 unspecified atom stereocenters. The average molecular weight is 514 g/mol. The van der Waals surface area contributed by atoms with Crippen LogP contribution >= 0.6 is 11.3 Å². The van der Waals surface area contributed by atoms with Gasteiger partial charge in [0.2, 0.25) is 0 Å². The number of fused-ring (bicyclic) bond motifs is 1. The maximum absolute atomic E-state index is 13.7. The molecule has 0 radical (unpaired) electrons. The topological polar surface area (TPSA) is 73.1 Å². The van der Waals surface area contributed by atoms with Gasteiger partial charge in [-0.3, -0.25) is 9.36 Å². The van der Waals surface area contributed by atoms with Crippen LogP contribution in [0.4, 0.5) is 14.5 Å². The fourth-order valence-corrected chi connectivity index (χ4v) is 5.04. The van der Waals surface area contributed by atoms with Gasteiger partial charge >= 0.3 is 12.6 Å². The van der Waals surface area contributed by atoms with E-state index in [1.165, 1.54) is 16.7 Å². The second kappa shape index (κ2) is 10.4. The predicted octanol–water partition coefficient (Wildman–Crippen LogP) is 3.47. The average Bonchev–Trinajstić information content (AvgIpc) is 3.13. The number of carbonyl (C=O) groups is 1. The lowest BCUT2D eigenvalue weighted by Crippen LogP contribution is -2.40. The summed E-state index contributed by atoms with van der Waals surface area (Å²) in [5, 5.41) is 0. The van der Waals surface area contributed by atoms with Crippen LogP contribution in [0, 0.1) is 0 Å². The van der Waals surface area contributed by atoms with Gasteiger partial charge in [0.05, 0.1) is 28.5 Å².